The summed E-state index contributed by atoms with van der Waals surface area (Å²) < 4.78 is 8.10. The molecule has 156 valence electrons. The first-order valence-corrected chi connectivity index (χ1v) is 12.3. The van der Waals surface area contributed by atoms with Crippen LogP contribution in [0.4, 0.5) is 17.1 Å². The van der Waals surface area contributed by atoms with Gasteiger partial charge in [-0.05, 0) is 70.6 Å². The van der Waals surface area contributed by atoms with E-state index in [1.54, 1.807) is 0 Å². The summed E-state index contributed by atoms with van der Waals surface area (Å²) in [5.74, 6) is 2.18. The van der Waals surface area contributed by atoms with Crippen molar-refractivity contribution in [3.05, 3.63) is 82.7 Å². The normalized spacial score (nSPS) is 15.2. The van der Waals surface area contributed by atoms with Gasteiger partial charge < -0.3 is 9.64 Å². The Kier molecular flexibility index (Phi) is 3.66. The van der Waals surface area contributed by atoms with Crippen LogP contribution in [-0.2, 0) is 18.3 Å². The summed E-state index contributed by atoms with van der Waals surface area (Å²) >= 11 is 1.93. The lowest BCUT2D eigenvalue weighted by Gasteiger charge is -2.41. The molecule has 0 amide bonds. The lowest BCUT2D eigenvalue weighted by Crippen LogP contribution is -2.59. The van der Waals surface area contributed by atoms with Crippen LogP contribution >= 0.6 is 11.3 Å². The van der Waals surface area contributed by atoms with Gasteiger partial charge in [0.1, 0.15) is 11.5 Å². The van der Waals surface area contributed by atoms with Crippen molar-refractivity contribution in [2.24, 2.45) is 0 Å². The number of fused-ring (bicyclic) bond motifs is 6. The average molecular weight is 433 g/mol. The molecule has 1 aliphatic carbocycles. The van der Waals surface area contributed by atoms with Gasteiger partial charge >= 0.3 is 0 Å². The number of nitrogens with zero attached hydrogens (tertiary/aromatic N) is 1. The van der Waals surface area contributed by atoms with Gasteiger partial charge in [0.2, 0.25) is 0 Å². The fraction of sp³-hybridized carbons (Fsp3) is 0.214. The van der Waals surface area contributed by atoms with Crippen molar-refractivity contribution >= 4 is 50.8 Å². The average Bonchev–Trinajstić information content (AvgIpc) is 3.20. The molecule has 3 heterocycles. The second-order valence-electron chi connectivity index (χ2n) is 10.1. The summed E-state index contributed by atoms with van der Waals surface area (Å²) in [5.41, 5.74) is 9.44. The van der Waals surface area contributed by atoms with Crippen LogP contribution in [0.1, 0.15) is 36.8 Å². The predicted molar refractivity (Wildman–Crippen MR) is 136 cm³/mol. The van der Waals surface area contributed by atoms with Crippen molar-refractivity contribution < 1.29 is 4.74 Å². The number of thiophene rings is 1. The highest BCUT2D eigenvalue weighted by atomic mass is 32.1. The van der Waals surface area contributed by atoms with Gasteiger partial charge in [-0.25, -0.2) is 0 Å². The van der Waals surface area contributed by atoms with Crippen LogP contribution < -0.4 is 25.3 Å². The minimum atomic E-state index is 0.107. The summed E-state index contributed by atoms with van der Waals surface area (Å²) in [7, 11) is 0. The first kappa shape index (κ1) is 18.6. The van der Waals surface area contributed by atoms with Crippen molar-refractivity contribution in [2.45, 2.75) is 39.0 Å². The van der Waals surface area contributed by atoms with Crippen LogP contribution in [0.15, 0.2) is 66.7 Å². The molecule has 32 heavy (non-hydrogen) atoms. The molecule has 0 bridgehead atoms. The molecular weight excluding hydrogens is 409 g/mol. The van der Waals surface area contributed by atoms with Gasteiger partial charge in [-0.15, -0.1) is 11.3 Å². The molecule has 0 atom stereocenters. The summed E-state index contributed by atoms with van der Waals surface area (Å²) in [6.45, 7) is 7.11. The third-order valence-electron chi connectivity index (χ3n) is 7.11. The Morgan fingerprint density at radius 2 is 1.69 bits per heavy atom. The van der Waals surface area contributed by atoms with E-state index in [0.29, 0.717) is 0 Å². The van der Waals surface area contributed by atoms with E-state index in [-0.39, 0.29) is 12.1 Å². The highest BCUT2D eigenvalue weighted by Crippen LogP contribution is 2.47. The predicted octanol–water partition coefficient (Wildman–Crippen LogP) is 5.55. The highest BCUT2D eigenvalue weighted by Gasteiger charge is 2.45. The van der Waals surface area contributed by atoms with Gasteiger partial charge in [0.25, 0.3) is 6.71 Å². The number of ether oxygens (including phenoxy) is 1. The number of para-hydroxylation sites is 2. The van der Waals surface area contributed by atoms with Gasteiger partial charge in [-0.2, -0.15) is 0 Å². The van der Waals surface area contributed by atoms with E-state index in [1.165, 1.54) is 48.8 Å². The lowest BCUT2D eigenvalue weighted by molar-refractivity contribution is 0.475. The maximum absolute atomic E-state index is 6.75. The van der Waals surface area contributed by atoms with Crippen molar-refractivity contribution in [2.75, 3.05) is 4.90 Å². The van der Waals surface area contributed by atoms with Gasteiger partial charge in [0.15, 0.2) is 0 Å². The third kappa shape index (κ3) is 2.42. The second-order valence-corrected chi connectivity index (χ2v) is 11.2. The molecular formula is C28H24BNOS. The van der Waals surface area contributed by atoms with E-state index in [2.05, 4.69) is 92.4 Å². The minimum Gasteiger partial charge on any atom is -0.457 e. The maximum atomic E-state index is 6.75. The molecule has 0 saturated carbocycles. The summed E-state index contributed by atoms with van der Waals surface area (Å²) in [4.78, 5) is 3.83. The topological polar surface area (TPSA) is 12.5 Å². The van der Waals surface area contributed by atoms with Crippen LogP contribution in [-0.4, -0.2) is 6.71 Å². The number of anilines is 3. The zero-order valence-corrected chi connectivity index (χ0v) is 19.4. The monoisotopic (exact) mass is 433 g/mol. The zero-order valence-electron chi connectivity index (χ0n) is 18.6. The van der Waals surface area contributed by atoms with E-state index in [0.717, 1.165) is 24.3 Å². The van der Waals surface area contributed by atoms with E-state index in [9.17, 15) is 0 Å². The molecule has 4 heteroatoms. The Labute approximate surface area is 193 Å². The fourth-order valence-corrected chi connectivity index (χ4v) is 6.69. The van der Waals surface area contributed by atoms with Crippen molar-refractivity contribution in [1.29, 1.82) is 0 Å². The van der Waals surface area contributed by atoms with Gasteiger partial charge in [0.05, 0.1) is 0 Å². The molecule has 0 radical (unpaired) electrons. The van der Waals surface area contributed by atoms with Gasteiger partial charge in [0, 0.05) is 26.7 Å². The van der Waals surface area contributed by atoms with Crippen LogP contribution in [0, 0.1) is 0 Å². The van der Waals surface area contributed by atoms with Crippen LogP contribution in [0.5, 0.6) is 11.5 Å². The SMILES string of the molecule is CC(C)(C)c1cc2c(s1)B1c3ccccc3N(c3ccccc3)c3cc4c(c(c31)O2)CC4. The standard InChI is InChI=1S/C28H24BNOS/c1-28(2,3)24-16-23-27(32-24)29-20-11-7-8-12-21(20)30(18-9-5-4-6-10-18)22-15-17-13-14-19(17)26(31-23)25(22)29/h4-12,15-16H,13-14H2,1-3H3. The number of aryl methyl sites for hydroxylation is 1. The molecule has 3 aliphatic rings. The minimum absolute atomic E-state index is 0.107. The van der Waals surface area contributed by atoms with Crippen LogP contribution in [0.2, 0.25) is 0 Å². The molecule has 0 fully saturated rings. The van der Waals surface area contributed by atoms with Gasteiger partial charge in [-0.3, -0.25) is 0 Å². The molecule has 1 aromatic heterocycles. The first-order valence-electron chi connectivity index (χ1n) is 11.5. The Bertz CT molecular complexity index is 1400. The quantitative estimate of drug-likeness (QED) is 0.315. The highest BCUT2D eigenvalue weighted by molar-refractivity contribution is 7.28. The summed E-state index contributed by atoms with van der Waals surface area (Å²) in [6, 6.07) is 24.4. The maximum Gasteiger partial charge on any atom is 0.268 e. The Balaban J connectivity index is 1.56. The number of rotatable bonds is 1. The molecule has 7 rings (SSSR count). The summed E-state index contributed by atoms with van der Waals surface area (Å²) in [5, 5.41) is 0. The van der Waals surface area contributed by atoms with E-state index >= 15 is 0 Å². The molecule has 0 spiro atoms. The molecule has 0 saturated heterocycles. The van der Waals surface area contributed by atoms with E-state index in [1.807, 2.05) is 11.3 Å². The molecule has 0 unspecified atom stereocenters. The van der Waals surface area contributed by atoms with Crippen molar-refractivity contribution in [1.82, 2.24) is 0 Å². The fourth-order valence-electron chi connectivity index (χ4n) is 5.41. The van der Waals surface area contributed by atoms with Gasteiger partial charge in [-0.1, -0.05) is 57.2 Å². The number of hydrogen-bond acceptors (Lipinski definition) is 3. The molecule has 2 aliphatic heterocycles. The smallest absolute Gasteiger partial charge is 0.268 e. The Morgan fingerprint density at radius 3 is 2.44 bits per heavy atom. The van der Waals surface area contributed by atoms with Crippen LogP contribution in [0.3, 0.4) is 0 Å². The van der Waals surface area contributed by atoms with Crippen molar-refractivity contribution in [3.63, 3.8) is 0 Å². The molecule has 3 aromatic carbocycles. The second kappa shape index (κ2) is 6.29. The van der Waals surface area contributed by atoms with Crippen molar-refractivity contribution in [3.8, 4) is 11.5 Å². The third-order valence-corrected chi connectivity index (χ3v) is 8.72. The summed E-state index contributed by atoms with van der Waals surface area (Å²) in [6.07, 6.45) is 2.25. The Hall–Kier alpha value is -2.98. The largest absolute Gasteiger partial charge is 0.457 e. The van der Waals surface area contributed by atoms with Crippen LogP contribution in [0.25, 0.3) is 0 Å². The lowest BCUT2D eigenvalue weighted by atomic mass is 9.36. The molecule has 2 nitrogen and oxygen atoms in total. The first-order chi connectivity index (χ1) is 15.5. The number of hydrogen-bond donors (Lipinski definition) is 0. The van der Waals surface area contributed by atoms with E-state index < -0.39 is 0 Å². The molecule has 4 aromatic rings. The zero-order chi connectivity index (χ0) is 21.6. The van der Waals surface area contributed by atoms with E-state index in [4.69, 9.17) is 4.74 Å². The Morgan fingerprint density at radius 1 is 0.906 bits per heavy atom. The number of benzene rings is 3. The molecule has 0 N–H and O–H groups in total.